The SMILES string of the molecule is O=C(Cc1cccnc1)NCC1(O)CCCCC1. The summed E-state index contributed by atoms with van der Waals surface area (Å²) in [5.74, 6) is -0.0537. The monoisotopic (exact) mass is 248 g/mol. The van der Waals surface area contributed by atoms with Crippen LogP contribution in [-0.4, -0.2) is 28.1 Å². The average molecular weight is 248 g/mol. The van der Waals surface area contributed by atoms with Gasteiger partial charge in [0.2, 0.25) is 5.91 Å². The van der Waals surface area contributed by atoms with Gasteiger partial charge in [0.25, 0.3) is 0 Å². The summed E-state index contributed by atoms with van der Waals surface area (Å²) >= 11 is 0. The van der Waals surface area contributed by atoms with Crippen molar-refractivity contribution in [3.8, 4) is 0 Å². The number of aromatic nitrogens is 1. The molecule has 1 aliphatic carbocycles. The van der Waals surface area contributed by atoms with E-state index in [-0.39, 0.29) is 5.91 Å². The number of hydrogen-bond acceptors (Lipinski definition) is 3. The molecule has 1 aliphatic rings. The first-order chi connectivity index (χ1) is 8.68. The third-order valence-corrected chi connectivity index (χ3v) is 3.49. The Morgan fingerprint density at radius 3 is 2.83 bits per heavy atom. The highest BCUT2D eigenvalue weighted by Gasteiger charge is 2.29. The molecule has 1 fully saturated rings. The van der Waals surface area contributed by atoms with Crippen molar-refractivity contribution in [1.29, 1.82) is 0 Å². The van der Waals surface area contributed by atoms with Crippen LogP contribution in [0.4, 0.5) is 0 Å². The van der Waals surface area contributed by atoms with Gasteiger partial charge in [-0.15, -0.1) is 0 Å². The molecule has 1 aromatic heterocycles. The molecule has 0 bridgehead atoms. The third-order valence-electron chi connectivity index (χ3n) is 3.49. The first-order valence-corrected chi connectivity index (χ1v) is 6.56. The van der Waals surface area contributed by atoms with Crippen molar-refractivity contribution in [2.24, 2.45) is 0 Å². The van der Waals surface area contributed by atoms with Crippen LogP contribution in [0, 0.1) is 0 Å². The van der Waals surface area contributed by atoms with E-state index in [2.05, 4.69) is 10.3 Å². The molecule has 0 unspecified atom stereocenters. The van der Waals surface area contributed by atoms with E-state index in [1.807, 2.05) is 12.1 Å². The van der Waals surface area contributed by atoms with Gasteiger partial charge in [-0.2, -0.15) is 0 Å². The average Bonchev–Trinajstić information content (AvgIpc) is 2.39. The fourth-order valence-electron chi connectivity index (χ4n) is 2.40. The van der Waals surface area contributed by atoms with Gasteiger partial charge in [-0.1, -0.05) is 25.3 Å². The summed E-state index contributed by atoms with van der Waals surface area (Å²) < 4.78 is 0. The van der Waals surface area contributed by atoms with Gasteiger partial charge in [0.1, 0.15) is 0 Å². The van der Waals surface area contributed by atoms with Crippen molar-refractivity contribution in [3.05, 3.63) is 30.1 Å². The molecule has 2 N–H and O–H groups in total. The number of pyridine rings is 1. The highest BCUT2D eigenvalue weighted by Crippen LogP contribution is 2.27. The summed E-state index contributed by atoms with van der Waals surface area (Å²) in [6, 6.07) is 3.69. The van der Waals surface area contributed by atoms with Crippen LogP contribution in [0.2, 0.25) is 0 Å². The van der Waals surface area contributed by atoms with Crippen molar-refractivity contribution >= 4 is 5.91 Å². The quantitative estimate of drug-likeness (QED) is 0.847. The fourth-order valence-corrected chi connectivity index (χ4v) is 2.40. The molecule has 98 valence electrons. The van der Waals surface area contributed by atoms with E-state index in [9.17, 15) is 9.90 Å². The predicted molar refractivity (Wildman–Crippen MR) is 69.0 cm³/mol. The van der Waals surface area contributed by atoms with E-state index in [0.717, 1.165) is 31.2 Å². The lowest BCUT2D eigenvalue weighted by Gasteiger charge is -2.32. The van der Waals surface area contributed by atoms with Gasteiger partial charge in [-0.25, -0.2) is 0 Å². The van der Waals surface area contributed by atoms with E-state index in [4.69, 9.17) is 0 Å². The summed E-state index contributed by atoms with van der Waals surface area (Å²) in [5.41, 5.74) is 0.202. The maximum Gasteiger partial charge on any atom is 0.224 e. The van der Waals surface area contributed by atoms with Crippen LogP contribution < -0.4 is 5.32 Å². The molecule has 0 atom stereocenters. The number of rotatable bonds is 4. The fraction of sp³-hybridized carbons (Fsp3) is 0.571. The highest BCUT2D eigenvalue weighted by molar-refractivity contribution is 5.78. The number of carbonyl (C=O) groups is 1. The molecule has 18 heavy (non-hydrogen) atoms. The number of carbonyl (C=O) groups excluding carboxylic acids is 1. The first-order valence-electron chi connectivity index (χ1n) is 6.56. The van der Waals surface area contributed by atoms with Gasteiger partial charge in [-0.05, 0) is 24.5 Å². The van der Waals surface area contributed by atoms with Crippen molar-refractivity contribution in [2.45, 2.75) is 44.1 Å². The van der Waals surface area contributed by atoms with Gasteiger partial charge in [0.15, 0.2) is 0 Å². The number of aliphatic hydroxyl groups is 1. The molecule has 0 radical (unpaired) electrons. The van der Waals surface area contributed by atoms with Crippen molar-refractivity contribution in [1.82, 2.24) is 10.3 Å². The van der Waals surface area contributed by atoms with Crippen molar-refractivity contribution in [2.75, 3.05) is 6.54 Å². The number of hydrogen-bond donors (Lipinski definition) is 2. The number of nitrogens with zero attached hydrogens (tertiary/aromatic N) is 1. The predicted octanol–water partition coefficient (Wildman–Crippen LogP) is 1.44. The minimum Gasteiger partial charge on any atom is -0.388 e. The summed E-state index contributed by atoms with van der Waals surface area (Å²) in [6.07, 6.45) is 8.57. The smallest absolute Gasteiger partial charge is 0.224 e. The summed E-state index contributed by atoms with van der Waals surface area (Å²) in [7, 11) is 0. The van der Waals surface area contributed by atoms with E-state index in [1.54, 1.807) is 12.4 Å². The zero-order valence-corrected chi connectivity index (χ0v) is 10.6. The molecule has 0 spiro atoms. The molecular weight excluding hydrogens is 228 g/mol. The normalized spacial score (nSPS) is 18.3. The molecule has 0 aliphatic heterocycles. The summed E-state index contributed by atoms with van der Waals surface area (Å²) in [4.78, 5) is 15.7. The van der Waals surface area contributed by atoms with Crippen LogP contribution in [0.15, 0.2) is 24.5 Å². The summed E-state index contributed by atoms with van der Waals surface area (Å²) in [6.45, 7) is 0.367. The Labute approximate surface area is 107 Å². The van der Waals surface area contributed by atoms with Gasteiger partial charge < -0.3 is 10.4 Å². The van der Waals surface area contributed by atoms with Crippen molar-refractivity contribution < 1.29 is 9.90 Å². The molecule has 2 rings (SSSR count). The molecule has 4 heteroatoms. The standard InChI is InChI=1S/C14H20N2O2/c17-13(9-12-5-4-8-15-10-12)16-11-14(18)6-2-1-3-7-14/h4-5,8,10,18H,1-3,6-7,9,11H2,(H,16,17). The van der Waals surface area contributed by atoms with Gasteiger partial charge in [-0.3, -0.25) is 9.78 Å². The molecule has 4 nitrogen and oxygen atoms in total. The van der Waals surface area contributed by atoms with Crippen LogP contribution in [0.5, 0.6) is 0 Å². The molecule has 1 amide bonds. The third kappa shape index (κ3) is 3.81. The Hall–Kier alpha value is -1.42. The lowest BCUT2D eigenvalue weighted by molar-refractivity contribution is -0.122. The second kappa shape index (κ2) is 5.96. The molecular formula is C14H20N2O2. The maximum atomic E-state index is 11.7. The van der Waals surface area contributed by atoms with E-state index in [1.165, 1.54) is 6.42 Å². The second-order valence-corrected chi connectivity index (χ2v) is 5.10. The van der Waals surface area contributed by atoms with Crippen LogP contribution in [0.25, 0.3) is 0 Å². The van der Waals surface area contributed by atoms with Gasteiger partial charge in [0.05, 0.1) is 12.0 Å². The first kappa shape index (κ1) is 13.0. The highest BCUT2D eigenvalue weighted by atomic mass is 16.3. The molecule has 0 aromatic carbocycles. The Bertz CT molecular complexity index is 386. The van der Waals surface area contributed by atoms with E-state index in [0.29, 0.717) is 13.0 Å². The molecule has 1 aromatic rings. The van der Waals surface area contributed by atoms with Crippen molar-refractivity contribution in [3.63, 3.8) is 0 Å². The topological polar surface area (TPSA) is 62.2 Å². The number of nitrogens with one attached hydrogen (secondary N) is 1. The lowest BCUT2D eigenvalue weighted by atomic mass is 9.85. The molecule has 1 heterocycles. The lowest BCUT2D eigenvalue weighted by Crippen LogP contribution is -2.44. The minimum absolute atomic E-state index is 0.0537. The minimum atomic E-state index is -0.692. The van der Waals surface area contributed by atoms with E-state index < -0.39 is 5.60 Å². The second-order valence-electron chi connectivity index (χ2n) is 5.10. The number of amides is 1. The Kier molecular flexibility index (Phi) is 4.31. The van der Waals surface area contributed by atoms with Crippen LogP contribution in [0.3, 0.4) is 0 Å². The van der Waals surface area contributed by atoms with Crippen LogP contribution >= 0.6 is 0 Å². The molecule has 0 saturated heterocycles. The Morgan fingerprint density at radius 1 is 1.39 bits per heavy atom. The Morgan fingerprint density at radius 2 is 2.17 bits per heavy atom. The maximum absolute atomic E-state index is 11.7. The largest absolute Gasteiger partial charge is 0.388 e. The zero-order chi connectivity index (χ0) is 12.8. The van der Waals surface area contributed by atoms with Gasteiger partial charge in [0, 0.05) is 18.9 Å². The van der Waals surface area contributed by atoms with Crippen LogP contribution in [-0.2, 0) is 11.2 Å². The zero-order valence-electron chi connectivity index (χ0n) is 10.6. The van der Waals surface area contributed by atoms with Crippen LogP contribution in [0.1, 0.15) is 37.7 Å². The van der Waals surface area contributed by atoms with E-state index >= 15 is 0 Å². The molecule has 1 saturated carbocycles. The Balaban J connectivity index is 1.78. The van der Waals surface area contributed by atoms with Gasteiger partial charge >= 0.3 is 0 Å². The summed E-state index contributed by atoms with van der Waals surface area (Å²) in [5, 5.41) is 13.1.